The number of aryl methyl sites for hydroxylation is 1. The lowest BCUT2D eigenvalue weighted by Crippen LogP contribution is -2.19. The summed E-state index contributed by atoms with van der Waals surface area (Å²) >= 11 is 0. The van der Waals surface area contributed by atoms with E-state index >= 15 is 0 Å². The predicted octanol–water partition coefficient (Wildman–Crippen LogP) is 4.09. The van der Waals surface area contributed by atoms with Crippen molar-refractivity contribution in [3.8, 4) is 0 Å². The number of nitro benzene ring substituents is 1. The van der Waals surface area contributed by atoms with Gasteiger partial charge in [0.05, 0.1) is 22.5 Å². The zero-order chi connectivity index (χ0) is 17.8. The van der Waals surface area contributed by atoms with Crippen molar-refractivity contribution in [1.29, 1.82) is 0 Å². The fourth-order valence-electron chi connectivity index (χ4n) is 2.86. The van der Waals surface area contributed by atoms with Crippen LogP contribution in [0.3, 0.4) is 0 Å². The topological polar surface area (TPSA) is 70.8 Å². The first-order valence-corrected chi connectivity index (χ1v) is 8.13. The number of rotatable bonds is 5. The molecule has 2 aromatic carbocycles. The number of nitrogens with zero attached hydrogens (tertiary/aromatic N) is 3. The van der Waals surface area contributed by atoms with Crippen LogP contribution in [0.5, 0.6) is 0 Å². The van der Waals surface area contributed by atoms with Crippen molar-refractivity contribution in [2.75, 3.05) is 23.4 Å². The lowest BCUT2D eigenvalue weighted by molar-refractivity contribution is -0.384. The van der Waals surface area contributed by atoms with E-state index in [-0.39, 0.29) is 11.5 Å². The first-order valence-electron chi connectivity index (χ1n) is 8.13. The van der Waals surface area contributed by atoms with E-state index in [1.165, 1.54) is 18.2 Å². The molecule has 0 radical (unpaired) electrons. The molecule has 1 saturated heterocycles. The van der Waals surface area contributed by atoms with E-state index in [0.29, 0.717) is 16.9 Å². The second-order valence-electron chi connectivity index (χ2n) is 6.03. The molecular weight excluding hydrogens is 323 g/mol. The fourth-order valence-corrected chi connectivity index (χ4v) is 2.86. The largest absolute Gasteiger partial charge is 0.369 e. The summed E-state index contributed by atoms with van der Waals surface area (Å²) in [5.74, 6) is -0.246. The number of nitro groups is 1. The monoisotopic (exact) mass is 342 g/mol. The molecule has 1 aliphatic heterocycles. The Hall–Kier alpha value is -2.96. The van der Waals surface area contributed by atoms with Crippen molar-refractivity contribution in [2.45, 2.75) is 19.8 Å². The third-order valence-corrected chi connectivity index (χ3v) is 4.26. The highest BCUT2D eigenvalue weighted by atomic mass is 19.1. The molecule has 7 heteroatoms. The molecule has 1 fully saturated rings. The third kappa shape index (κ3) is 3.93. The molecule has 0 saturated carbocycles. The Bertz CT molecular complexity index is 799. The molecule has 2 aromatic rings. The van der Waals surface area contributed by atoms with Crippen molar-refractivity contribution in [3.63, 3.8) is 0 Å². The first kappa shape index (κ1) is 16.9. The van der Waals surface area contributed by atoms with Crippen LogP contribution in [-0.2, 0) is 0 Å². The molecule has 6 nitrogen and oxygen atoms in total. The van der Waals surface area contributed by atoms with Crippen LogP contribution in [0.15, 0.2) is 41.5 Å². The Morgan fingerprint density at radius 3 is 2.56 bits per heavy atom. The van der Waals surface area contributed by atoms with Crippen LogP contribution in [0.25, 0.3) is 0 Å². The number of hydrogen-bond donors (Lipinski definition) is 1. The number of benzene rings is 2. The van der Waals surface area contributed by atoms with E-state index in [1.807, 2.05) is 13.0 Å². The van der Waals surface area contributed by atoms with E-state index in [9.17, 15) is 14.5 Å². The Kier molecular flexibility index (Phi) is 4.92. The van der Waals surface area contributed by atoms with E-state index in [0.717, 1.165) is 31.5 Å². The van der Waals surface area contributed by atoms with Gasteiger partial charge in [0.15, 0.2) is 0 Å². The molecule has 0 atom stereocenters. The molecule has 25 heavy (non-hydrogen) atoms. The number of anilines is 2. The summed E-state index contributed by atoms with van der Waals surface area (Å²) in [7, 11) is 0. The van der Waals surface area contributed by atoms with Crippen LogP contribution in [0.1, 0.15) is 24.0 Å². The number of hydrazone groups is 1. The molecule has 0 bridgehead atoms. The zero-order valence-corrected chi connectivity index (χ0v) is 13.9. The summed E-state index contributed by atoms with van der Waals surface area (Å²) in [5.41, 5.74) is 5.71. The predicted molar refractivity (Wildman–Crippen MR) is 96.9 cm³/mol. The Labute approximate surface area is 145 Å². The summed E-state index contributed by atoms with van der Waals surface area (Å²) < 4.78 is 14.4. The van der Waals surface area contributed by atoms with Crippen LogP contribution in [-0.4, -0.2) is 24.2 Å². The van der Waals surface area contributed by atoms with Crippen molar-refractivity contribution in [1.82, 2.24) is 0 Å². The van der Waals surface area contributed by atoms with Crippen LogP contribution in [0, 0.1) is 22.9 Å². The van der Waals surface area contributed by atoms with E-state index in [2.05, 4.69) is 15.4 Å². The van der Waals surface area contributed by atoms with Crippen molar-refractivity contribution in [3.05, 3.63) is 63.5 Å². The van der Waals surface area contributed by atoms with Gasteiger partial charge in [0.25, 0.3) is 5.69 Å². The molecule has 1 N–H and O–H groups in total. The molecule has 0 spiro atoms. The van der Waals surface area contributed by atoms with Crippen molar-refractivity contribution >= 4 is 23.3 Å². The quantitative estimate of drug-likeness (QED) is 0.505. The van der Waals surface area contributed by atoms with Crippen LogP contribution >= 0.6 is 0 Å². The fraction of sp³-hybridized carbons (Fsp3) is 0.278. The lowest BCUT2D eigenvalue weighted by atomic mass is 10.1. The molecule has 130 valence electrons. The number of non-ortho nitro benzene ring substituents is 1. The average molecular weight is 342 g/mol. The van der Waals surface area contributed by atoms with Gasteiger partial charge in [0, 0.05) is 30.8 Å². The van der Waals surface area contributed by atoms with E-state index < -0.39 is 4.92 Å². The van der Waals surface area contributed by atoms with Gasteiger partial charge in [-0.25, -0.2) is 4.39 Å². The molecule has 0 aromatic heterocycles. The molecule has 0 unspecified atom stereocenters. The zero-order valence-electron chi connectivity index (χ0n) is 13.9. The second kappa shape index (κ2) is 7.29. The maximum atomic E-state index is 14.4. The standard InChI is InChI=1S/C18H19FN4O2/c1-13-10-18(22-8-2-3-9-22)17(19)11-14(13)12-20-21-15-4-6-16(7-5-15)23(24)25/h4-7,10-12,21H,2-3,8-9H2,1H3/b20-12-. The maximum absolute atomic E-state index is 14.4. The number of hydrogen-bond acceptors (Lipinski definition) is 5. The minimum atomic E-state index is -0.457. The van der Waals surface area contributed by atoms with Gasteiger partial charge >= 0.3 is 0 Å². The lowest BCUT2D eigenvalue weighted by Gasteiger charge is -2.19. The van der Waals surface area contributed by atoms with Gasteiger partial charge in [-0.05, 0) is 49.6 Å². The van der Waals surface area contributed by atoms with Gasteiger partial charge < -0.3 is 4.90 Å². The highest BCUT2D eigenvalue weighted by Gasteiger charge is 2.17. The molecule has 3 rings (SSSR count). The molecule has 1 aliphatic rings. The van der Waals surface area contributed by atoms with Gasteiger partial charge in [0.1, 0.15) is 5.82 Å². The highest BCUT2D eigenvalue weighted by Crippen LogP contribution is 2.26. The van der Waals surface area contributed by atoms with Crippen molar-refractivity contribution in [2.24, 2.45) is 5.10 Å². The summed E-state index contributed by atoms with van der Waals surface area (Å²) in [5, 5.41) is 14.7. The van der Waals surface area contributed by atoms with Gasteiger partial charge in [-0.1, -0.05) is 0 Å². The molecule has 0 aliphatic carbocycles. The van der Waals surface area contributed by atoms with Crippen molar-refractivity contribution < 1.29 is 9.31 Å². The number of nitrogens with one attached hydrogen (secondary N) is 1. The summed E-state index contributed by atoms with van der Waals surface area (Å²) in [6.07, 6.45) is 3.75. The molecule has 0 amide bonds. The van der Waals surface area contributed by atoms with E-state index in [1.54, 1.807) is 18.3 Å². The van der Waals surface area contributed by atoms with Gasteiger partial charge in [-0.3, -0.25) is 15.5 Å². The summed E-state index contributed by atoms with van der Waals surface area (Å²) in [4.78, 5) is 12.2. The highest BCUT2D eigenvalue weighted by molar-refractivity contribution is 5.83. The normalized spacial score (nSPS) is 14.2. The number of halogens is 1. The Morgan fingerprint density at radius 2 is 1.92 bits per heavy atom. The Balaban J connectivity index is 1.70. The third-order valence-electron chi connectivity index (χ3n) is 4.26. The van der Waals surface area contributed by atoms with Gasteiger partial charge in [0.2, 0.25) is 0 Å². The summed E-state index contributed by atoms with van der Waals surface area (Å²) in [6.45, 7) is 3.71. The average Bonchev–Trinajstić information content (AvgIpc) is 3.12. The van der Waals surface area contributed by atoms with Crippen LogP contribution in [0.4, 0.5) is 21.5 Å². The SMILES string of the molecule is Cc1cc(N2CCCC2)c(F)cc1/C=N\Nc1ccc([N+](=O)[O-])cc1. The molecular formula is C18H19FN4O2. The minimum Gasteiger partial charge on any atom is -0.369 e. The maximum Gasteiger partial charge on any atom is 0.269 e. The van der Waals surface area contributed by atoms with E-state index in [4.69, 9.17) is 0 Å². The summed E-state index contributed by atoms with van der Waals surface area (Å²) in [6, 6.07) is 9.28. The van der Waals surface area contributed by atoms with Crippen LogP contribution in [0.2, 0.25) is 0 Å². The van der Waals surface area contributed by atoms with Gasteiger partial charge in [-0.15, -0.1) is 0 Å². The molecule has 1 heterocycles. The smallest absolute Gasteiger partial charge is 0.269 e. The minimum absolute atomic E-state index is 0.0185. The van der Waals surface area contributed by atoms with Crippen LogP contribution < -0.4 is 10.3 Å². The first-order chi connectivity index (χ1) is 12.0. The second-order valence-corrected chi connectivity index (χ2v) is 6.03. The Morgan fingerprint density at radius 1 is 1.24 bits per heavy atom. The van der Waals surface area contributed by atoms with Gasteiger partial charge in [-0.2, -0.15) is 5.10 Å².